The summed E-state index contributed by atoms with van der Waals surface area (Å²) in [6, 6.07) is 17.5. The van der Waals surface area contributed by atoms with Crippen LogP contribution in [-0.2, 0) is 13.0 Å². The van der Waals surface area contributed by atoms with E-state index in [1.165, 1.54) is 16.8 Å². The number of hydrogen-bond donors (Lipinski definition) is 2. The molecule has 1 amide bonds. The number of carbonyl (C=O) groups is 1. The molecular weight excluding hydrogens is 469 g/mol. The van der Waals surface area contributed by atoms with Crippen molar-refractivity contribution in [2.24, 2.45) is 0 Å². The highest BCUT2D eigenvalue weighted by molar-refractivity contribution is 6.33. The van der Waals surface area contributed by atoms with Gasteiger partial charge >= 0.3 is 0 Å². The second-order valence-electron chi connectivity index (χ2n) is 7.96. The molecule has 0 unspecified atom stereocenters. The van der Waals surface area contributed by atoms with Crippen LogP contribution >= 0.6 is 11.6 Å². The molecule has 2 aromatic heterocycles. The lowest BCUT2D eigenvalue weighted by molar-refractivity contribution is 0.0952. The zero-order valence-electron chi connectivity index (χ0n) is 19.0. The Balaban J connectivity index is 1.38. The molecule has 0 aliphatic carbocycles. The van der Waals surface area contributed by atoms with Gasteiger partial charge in [0.05, 0.1) is 29.2 Å². The molecule has 35 heavy (non-hydrogen) atoms. The van der Waals surface area contributed by atoms with Gasteiger partial charge in [-0.25, -0.2) is 13.8 Å². The molecule has 10 heteroatoms. The fourth-order valence-corrected chi connectivity index (χ4v) is 4.09. The number of nitrogens with two attached hydrogens (primary N) is 1. The molecular formula is C25H23ClFN7O. The molecule has 0 atom stereocenters. The summed E-state index contributed by atoms with van der Waals surface area (Å²) in [5.74, 6) is -0.380. The number of benzene rings is 2. The zero-order valence-corrected chi connectivity index (χ0v) is 19.8. The maximum absolute atomic E-state index is 13.1. The van der Waals surface area contributed by atoms with Crippen LogP contribution < -0.4 is 11.1 Å². The van der Waals surface area contributed by atoms with Gasteiger partial charge in [0.25, 0.3) is 5.91 Å². The maximum atomic E-state index is 13.1. The third-order valence-electron chi connectivity index (χ3n) is 5.52. The summed E-state index contributed by atoms with van der Waals surface area (Å²) in [6.07, 6.45) is 1.01. The maximum Gasteiger partial charge on any atom is 0.256 e. The standard InChI is InChI=1S/C25H23ClFN7O/c1-16-22(23(26)33(31-16)15-17-9-11-18(27)12-10-17)25(35)30-13-5-8-21-20(14-28)24(29)34(32-21)19-6-3-2-4-7-19/h2-4,6-7,9-12H,5,8,13,15,29H2,1H3,(H,30,35). The lowest BCUT2D eigenvalue weighted by atomic mass is 10.1. The predicted octanol–water partition coefficient (Wildman–Crippen LogP) is 4.03. The van der Waals surface area contributed by atoms with Crippen LogP contribution in [-0.4, -0.2) is 32.0 Å². The van der Waals surface area contributed by atoms with Crippen molar-refractivity contribution in [3.8, 4) is 11.8 Å². The molecule has 0 aliphatic rings. The highest BCUT2D eigenvalue weighted by Gasteiger charge is 2.21. The van der Waals surface area contributed by atoms with Gasteiger partial charge < -0.3 is 11.1 Å². The largest absolute Gasteiger partial charge is 0.382 e. The van der Waals surface area contributed by atoms with Crippen LogP contribution in [0.4, 0.5) is 10.2 Å². The van der Waals surface area contributed by atoms with Crippen molar-refractivity contribution in [3.63, 3.8) is 0 Å². The van der Waals surface area contributed by atoms with Crippen molar-refractivity contribution in [2.75, 3.05) is 12.3 Å². The van der Waals surface area contributed by atoms with E-state index in [4.69, 9.17) is 17.3 Å². The number of para-hydroxylation sites is 1. The number of aromatic nitrogens is 4. The Labute approximate surface area is 206 Å². The number of rotatable bonds is 8. The molecule has 0 spiro atoms. The van der Waals surface area contributed by atoms with E-state index in [9.17, 15) is 14.4 Å². The molecule has 0 radical (unpaired) electrons. The smallest absolute Gasteiger partial charge is 0.256 e. The van der Waals surface area contributed by atoms with Crippen LogP contribution in [0.25, 0.3) is 5.69 Å². The minimum absolute atomic E-state index is 0.213. The molecule has 178 valence electrons. The van der Waals surface area contributed by atoms with Crippen LogP contribution in [0.3, 0.4) is 0 Å². The van der Waals surface area contributed by atoms with Gasteiger partial charge in [0.1, 0.15) is 28.4 Å². The summed E-state index contributed by atoms with van der Waals surface area (Å²) in [4.78, 5) is 12.8. The second-order valence-corrected chi connectivity index (χ2v) is 8.32. The van der Waals surface area contributed by atoms with Crippen LogP contribution in [0.5, 0.6) is 0 Å². The minimum Gasteiger partial charge on any atom is -0.382 e. The van der Waals surface area contributed by atoms with Gasteiger partial charge in [-0.2, -0.15) is 15.5 Å². The predicted molar refractivity (Wildman–Crippen MR) is 131 cm³/mol. The van der Waals surface area contributed by atoms with Crippen molar-refractivity contribution < 1.29 is 9.18 Å². The molecule has 2 heterocycles. The van der Waals surface area contributed by atoms with Gasteiger partial charge in [0.15, 0.2) is 0 Å². The number of aryl methyl sites for hydroxylation is 2. The summed E-state index contributed by atoms with van der Waals surface area (Å²) in [5.41, 5.74) is 9.42. The van der Waals surface area contributed by atoms with E-state index < -0.39 is 0 Å². The first-order chi connectivity index (χ1) is 16.9. The summed E-state index contributed by atoms with van der Waals surface area (Å²) in [7, 11) is 0. The average molecular weight is 492 g/mol. The second kappa shape index (κ2) is 10.4. The Hall–Kier alpha value is -4.16. The van der Waals surface area contributed by atoms with Gasteiger partial charge in [0.2, 0.25) is 0 Å². The Morgan fingerprint density at radius 2 is 1.89 bits per heavy atom. The number of carbonyl (C=O) groups excluding carboxylic acids is 1. The molecule has 4 rings (SSSR count). The zero-order chi connectivity index (χ0) is 24.9. The molecule has 3 N–H and O–H groups in total. The number of anilines is 1. The third kappa shape index (κ3) is 5.18. The number of halogens is 2. The van der Waals surface area contributed by atoms with Crippen molar-refractivity contribution in [2.45, 2.75) is 26.3 Å². The van der Waals surface area contributed by atoms with Crippen LogP contribution in [0, 0.1) is 24.1 Å². The summed E-state index contributed by atoms with van der Waals surface area (Å²) >= 11 is 6.44. The Kier molecular flexibility index (Phi) is 7.13. The number of nitrogens with zero attached hydrogens (tertiary/aromatic N) is 5. The van der Waals surface area contributed by atoms with Crippen molar-refractivity contribution in [1.82, 2.24) is 24.9 Å². The first-order valence-electron chi connectivity index (χ1n) is 11.0. The quantitative estimate of drug-likeness (QED) is 0.361. The number of nitriles is 1. The molecule has 2 aromatic carbocycles. The van der Waals surface area contributed by atoms with Crippen LogP contribution in [0.1, 0.15) is 39.3 Å². The van der Waals surface area contributed by atoms with E-state index >= 15 is 0 Å². The summed E-state index contributed by atoms with van der Waals surface area (Å²) in [5, 5.41) is 21.5. The summed E-state index contributed by atoms with van der Waals surface area (Å²) < 4.78 is 16.2. The van der Waals surface area contributed by atoms with Gasteiger partial charge in [-0.05, 0) is 49.6 Å². The van der Waals surface area contributed by atoms with E-state index in [0.717, 1.165) is 11.3 Å². The van der Waals surface area contributed by atoms with Crippen molar-refractivity contribution in [1.29, 1.82) is 5.26 Å². The minimum atomic E-state index is -0.340. The Morgan fingerprint density at radius 1 is 1.17 bits per heavy atom. The van der Waals surface area contributed by atoms with Gasteiger partial charge in [-0.15, -0.1) is 0 Å². The first-order valence-corrected chi connectivity index (χ1v) is 11.3. The molecule has 0 saturated heterocycles. The Bertz CT molecular complexity index is 1390. The highest BCUT2D eigenvalue weighted by atomic mass is 35.5. The normalized spacial score (nSPS) is 10.8. The van der Waals surface area contributed by atoms with E-state index in [1.807, 2.05) is 30.3 Å². The lowest BCUT2D eigenvalue weighted by Crippen LogP contribution is -2.25. The SMILES string of the molecule is Cc1nn(Cc2ccc(F)cc2)c(Cl)c1C(=O)NCCCc1nn(-c2ccccc2)c(N)c1C#N. The van der Waals surface area contributed by atoms with Gasteiger partial charge in [-0.3, -0.25) is 4.79 Å². The number of hydrogen-bond acceptors (Lipinski definition) is 5. The fourth-order valence-electron chi connectivity index (χ4n) is 3.77. The molecule has 8 nitrogen and oxygen atoms in total. The van der Waals surface area contributed by atoms with Crippen LogP contribution in [0.2, 0.25) is 5.15 Å². The number of amides is 1. The average Bonchev–Trinajstić information content (AvgIpc) is 3.33. The monoisotopic (exact) mass is 491 g/mol. The molecule has 0 aliphatic heterocycles. The van der Waals surface area contributed by atoms with E-state index in [1.54, 1.807) is 23.7 Å². The lowest BCUT2D eigenvalue weighted by Gasteiger charge is -2.06. The summed E-state index contributed by atoms with van der Waals surface area (Å²) in [6.45, 7) is 2.37. The molecule has 0 fully saturated rings. The molecule has 0 bridgehead atoms. The fraction of sp³-hybridized carbons (Fsp3) is 0.200. The van der Waals surface area contributed by atoms with Gasteiger partial charge in [-0.1, -0.05) is 41.9 Å². The van der Waals surface area contributed by atoms with E-state index in [2.05, 4.69) is 21.6 Å². The number of nitrogens with one attached hydrogen (secondary N) is 1. The van der Waals surface area contributed by atoms with Crippen molar-refractivity contribution >= 4 is 23.3 Å². The van der Waals surface area contributed by atoms with E-state index in [0.29, 0.717) is 48.4 Å². The molecule has 0 saturated carbocycles. The first kappa shape index (κ1) is 24.0. The molecule has 4 aromatic rings. The topological polar surface area (TPSA) is 115 Å². The number of nitrogen functional groups attached to an aromatic ring is 1. The highest BCUT2D eigenvalue weighted by Crippen LogP contribution is 2.22. The van der Waals surface area contributed by atoms with E-state index in [-0.39, 0.29) is 22.7 Å². The van der Waals surface area contributed by atoms with Crippen LogP contribution in [0.15, 0.2) is 54.6 Å². The van der Waals surface area contributed by atoms with Gasteiger partial charge in [0, 0.05) is 6.54 Å². The van der Waals surface area contributed by atoms with Crippen molar-refractivity contribution in [3.05, 3.63) is 93.6 Å². The third-order valence-corrected chi connectivity index (χ3v) is 5.90. The Morgan fingerprint density at radius 3 is 2.57 bits per heavy atom.